The highest BCUT2D eigenvalue weighted by molar-refractivity contribution is 7.45. The van der Waals surface area contributed by atoms with E-state index in [0.717, 1.165) is 0 Å². The van der Waals surface area contributed by atoms with Crippen molar-refractivity contribution in [2.45, 2.75) is 32.9 Å². The summed E-state index contributed by atoms with van der Waals surface area (Å²) in [6.07, 6.45) is -0.441. The molecular formula is C18H17F5NO4P. The number of nitrogens with one attached hydrogen (secondary N) is 1. The van der Waals surface area contributed by atoms with Crippen LogP contribution in [0.2, 0.25) is 0 Å². The molecule has 0 aliphatic heterocycles. The van der Waals surface area contributed by atoms with Gasteiger partial charge in [0.1, 0.15) is 11.8 Å². The molecule has 0 fully saturated rings. The third kappa shape index (κ3) is 5.77. The Morgan fingerprint density at radius 1 is 0.862 bits per heavy atom. The van der Waals surface area contributed by atoms with E-state index in [1.807, 2.05) is 0 Å². The zero-order valence-corrected chi connectivity index (χ0v) is 16.4. The Morgan fingerprint density at radius 3 is 1.90 bits per heavy atom. The van der Waals surface area contributed by atoms with Crippen molar-refractivity contribution in [1.82, 2.24) is 5.09 Å². The molecule has 0 saturated heterocycles. The molecule has 2 rings (SSSR count). The molecule has 2 aromatic carbocycles. The van der Waals surface area contributed by atoms with E-state index in [4.69, 9.17) is 13.8 Å². The number of hydrogen-bond donors (Lipinski definition) is 1. The highest BCUT2D eigenvalue weighted by Crippen LogP contribution is 2.41. The number of rotatable bonds is 8. The number of carbonyl (C=O) groups is 1. The summed E-state index contributed by atoms with van der Waals surface area (Å²) in [4.78, 5) is 12.0. The highest BCUT2D eigenvalue weighted by Gasteiger charge is 2.32. The summed E-state index contributed by atoms with van der Waals surface area (Å²) in [5.74, 6) is -13.1. The Morgan fingerprint density at radius 2 is 1.38 bits per heavy atom. The number of hydrogen-bond acceptors (Lipinski definition) is 5. The van der Waals surface area contributed by atoms with Crippen LogP contribution >= 0.6 is 8.53 Å². The first-order chi connectivity index (χ1) is 13.6. The highest BCUT2D eigenvalue weighted by atomic mass is 31.2. The molecule has 0 radical (unpaired) electrons. The third-order valence-corrected chi connectivity index (χ3v) is 4.60. The zero-order valence-electron chi connectivity index (χ0n) is 15.5. The molecule has 0 heterocycles. The predicted octanol–water partition coefficient (Wildman–Crippen LogP) is 5.00. The normalized spacial score (nSPS) is 13.1. The maximum atomic E-state index is 14.0. The van der Waals surface area contributed by atoms with Crippen molar-refractivity contribution in [1.29, 1.82) is 0 Å². The second-order valence-electron chi connectivity index (χ2n) is 5.99. The van der Waals surface area contributed by atoms with Gasteiger partial charge in [-0.25, -0.2) is 18.3 Å². The molecule has 0 aromatic heterocycles. The van der Waals surface area contributed by atoms with E-state index in [9.17, 15) is 26.7 Å². The molecule has 0 bridgehead atoms. The van der Waals surface area contributed by atoms with Gasteiger partial charge in [0.05, 0.1) is 6.10 Å². The van der Waals surface area contributed by atoms with Crippen LogP contribution in [0.3, 0.4) is 0 Å². The topological polar surface area (TPSA) is 56.8 Å². The van der Waals surface area contributed by atoms with Gasteiger partial charge in [-0.15, -0.1) is 0 Å². The molecule has 0 amide bonds. The first kappa shape index (κ1) is 22.8. The van der Waals surface area contributed by atoms with Crippen LogP contribution in [0, 0.1) is 29.1 Å². The number of halogens is 5. The summed E-state index contributed by atoms with van der Waals surface area (Å²) in [5.41, 5.74) is 0. The van der Waals surface area contributed by atoms with Crippen LogP contribution in [0.15, 0.2) is 30.3 Å². The molecule has 158 valence electrons. The van der Waals surface area contributed by atoms with Crippen LogP contribution in [0.4, 0.5) is 22.0 Å². The Kier molecular flexibility index (Phi) is 7.75. The molecule has 0 spiro atoms. The largest absolute Gasteiger partial charge is 0.462 e. The molecule has 2 atom stereocenters. The number of carbonyl (C=O) groups excluding carboxylic acids is 1. The van der Waals surface area contributed by atoms with E-state index < -0.39 is 61.5 Å². The lowest BCUT2D eigenvalue weighted by Gasteiger charge is -2.23. The summed E-state index contributed by atoms with van der Waals surface area (Å²) in [6.45, 7) is 4.58. The first-order valence-electron chi connectivity index (χ1n) is 8.31. The van der Waals surface area contributed by atoms with Crippen molar-refractivity contribution in [3.05, 3.63) is 59.4 Å². The summed E-state index contributed by atoms with van der Waals surface area (Å²) in [5, 5.41) is 2.50. The van der Waals surface area contributed by atoms with E-state index in [2.05, 4.69) is 5.09 Å². The van der Waals surface area contributed by atoms with Gasteiger partial charge in [-0.3, -0.25) is 4.79 Å². The Balaban J connectivity index is 2.32. The number of esters is 1. The molecule has 2 aromatic rings. The summed E-state index contributed by atoms with van der Waals surface area (Å²) >= 11 is 0. The van der Waals surface area contributed by atoms with Crippen molar-refractivity contribution in [2.75, 3.05) is 0 Å². The molecule has 2 unspecified atom stereocenters. The number of benzene rings is 2. The second kappa shape index (κ2) is 9.84. The Labute approximate surface area is 164 Å². The van der Waals surface area contributed by atoms with E-state index >= 15 is 0 Å². The second-order valence-corrected chi connectivity index (χ2v) is 7.13. The van der Waals surface area contributed by atoms with Crippen molar-refractivity contribution < 1.29 is 40.5 Å². The monoisotopic (exact) mass is 437 g/mol. The molecular weight excluding hydrogens is 420 g/mol. The minimum atomic E-state index is -2.56. The lowest BCUT2D eigenvalue weighted by molar-refractivity contribution is -0.149. The van der Waals surface area contributed by atoms with Crippen LogP contribution in [0.1, 0.15) is 20.8 Å². The lowest BCUT2D eigenvalue weighted by Crippen LogP contribution is -2.35. The van der Waals surface area contributed by atoms with E-state index in [-0.39, 0.29) is 5.75 Å². The average molecular weight is 437 g/mol. The van der Waals surface area contributed by atoms with Crippen LogP contribution in [0.5, 0.6) is 11.5 Å². The van der Waals surface area contributed by atoms with Gasteiger partial charge in [-0.05, 0) is 32.9 Å². The molecule has 0 aliphatic carbocycles. The minimum absolute atomic E-state index is 0.166. The van der Waals surface area contributed by atoms with Gasteiger partial charge in [0.2, 0.25) is 34.8 Å². The molecule has 11 heteroatoms. The van der Waals surface area contributed by atoms with Gasteiger partial charge >= 0.3 is 14.5 Å². The molecule has 0 aliphatic rings. The summed E-state index contributed by atoms with van der Waals surface area (Å²) in [7, 11) is -2.56. The first-order valence-corrected chi connectivity index (χ1v) is 9.48. The number of para-hydroxylation sites is 1. The van der Waals surface area contributed by atoms with Crippen LogP contribution in [0.25, 0.3) is 0 Å². The Hall–Kier alpha value is -2.45. The maximum Gasteiger partial charge on any atom is 0.382 e. The van der Waals surface area contributed by atoms with Crippen molar-refractivity contribution >= 4 is 14.5 Å². The van der Waals surface area contributed by atoms with Crippen LogP contribution in [-0.4, -0.2) is 18.1 Å². The van der Waals surface area contributed by atoms with E-state index in [1.165, 1.54) is 19.1 Å². The van der Waals surface area contributed by atoms with Crippen molar-refractivity contribution in [2.24, 2.45) is 0 Å². The van der Waals surface area contributed by atoms with Gasteiger partial charge in [0, 0.05) is 0 Å². The summed E-state index contributed by atoms with van der Waals surface area (Å²) < 4.78 is 83.4. The molecule has 0 saturated carbocycles. The number of ether oxygens (including phenoxy) is 1. The lowest BCUT2D eigenvalue weighted by atomic mass is 10.3. The maximum absolute atomic E-state index is 14.0. The smallest absolute Gasteiger partial charge is 0.382 e. The summed E-state index contributed by atoms with van der Waals surface area (Å²) in [6, 6.07) is 6.69. The van der Waals surface area contributed by atoms with Gasteiger partial charge < -0.3 is 13.8 Å². The van der Waals surface area contributed by atoms with Crippen LogP contribution < -0.4 is 14.1 Å². The Bertz CT molecular complexity index is 840. The van der Waals surface area contributed by atoms with Gasteiger partial charge in [-0.1, -0.05) is 18.2 Å². The van der Waals surface area contributed by atoms with Gasteiger partial charge in [0.15, 0.2) is 0 Å². The van der Waals surface area contributed by atoms with Gasteiger partial charge in [-0.2, -0.15) is 8.78 Å². The van der Waals surface area contributed by atoms with Crippen molar-refractivity contribution in [3.63, 3.8) is 0 Å². The standard InChI is InChI=1S/C18H17F5NO4P/c1-9(2)26-18(25)10(3)24-29(27-11-7-5-4-6-8-11)28-17-15(22)13(20)12(19)14(21)16(17)23/h4-10,24H,1-3H3. The fourth-order valence-electron chi connectivity index (χ4n) is 1.94. The zero-order chi connectivity index (χ0) is 21.7. The van der Waals surface area contributed by atoms with Crippen molar-refractivity contribution in [3.8, 4) is 11.5 Å². The SMILES string of the molecule is CC(C)OC(=O)C(C)NP(Oc1ccccc1)Oc1c(F)c(F)c(F)c(F)c1F. The molecule has 1 N–H and O–H groups in total. The average Bonchev–Trinajstić information content (AvgIpc) is 2.68. The van der Waals surface area contributed by atoms with E-state index in [0.29, 0.717) is 0 Å². The fourth-order valence-corrected chi connectivity index (χ4v) is 3.15. The quantitative estimate of drug-likeness (QED) is 0.207. The van der Waals surface area contributed by atoms with Gasteiger partial charge in [0.25, 0.3) is 0 Å². The molecule has 5 nitrogen and oxygen atoms in total. The fraction of sp³-hybridized carbons (Fsp3) is 0.278. The van der Waals surface area contributed by atoms with E-state index in [1.54, 1.807) is 32.0 Å². The van der Waals surface area contributed by atoms with Crippen LogP contribution in [-0.2, 0) is 9.53 Å². The third-order valence-electron chi connectivity index (χ3n) is 3.28. The predicted molar refractivity (Wildman–Crippen MR) is 94.7 cm³/mol. The minimum Gasteiger partial charge on any atom is -0.462 e. The molecule has 29 heavy (non-hydrogen) atoms.